The van der Waals surface area contributed by atoms with Gasteiger partial charge in [-0.15, -0.1) is 0 Å². The molecule has 3 atom stereocenters. The van der Waals surface area contributed by atoms with Gasteiger partial charge in [0.1, 0.15) is 0 Å². The molecular weight excluding hydrogens is 160 g/mol. The molecule has 0 aromatic heterocycles. The Bertz CT molecular complexity index is 232. The van der Waals surface area contributed by atoms with E-state index in [1.165, 1.54) is 32.1 Å². The van der Waals surface area contributed by atoms with Crippen LogP contribution in [0.3, 0.4) is 0 Å². The molecule has 1 heteroatoms. The normalized spacial score (nSPS) is 57.0. The summed E-state index contributed by atoms with van der Waals surface area (Å²) in [7, 11) is 0. The summed E-state index contributed by atoms with van der Waals surface area (Å²) in [4.78, 5) is 0. The molecule has 0 aliphatic heterocycles. The Morgan fingerprint density at radius 2 is 1.54 bits per heavy atom. The summed E-state index contributed by atoms with van der Waals surface area (Å²) in [5, 5.41) is 10.6. The first-order valence-corrected chi connectivity index (χ1v) is 5.79. The van der Waals surface area contributed by atoms with E-state index >= 15 is 0 Å². The van der Waals surface area contributed by atoms with Crippen molar-refractivity contribution in [2.24, 2.45) is 23.2 Å². The van der Waals surface area contributed by atoms with Crippen molar-refractivity contribution in [3.05, 3.63) is 0 Å². The number of hydrogen-bond donors (Lipinski definition) is 1. The van der Waals surface area contributed by atoms with Gasteiger partial charge < -0.3 is 5.11 Å². The molecule has 1 N–H and O–H groups in total. The van der Waals surface area contributed by atoms with Gasteiger partial charge in [0.25, 0.3) is 0 Å². The molecule has 3 fully saturated rings. The molecule has 0 amide bonds. The first-order valence-electron chi connectivity index (χ1n) is 5.79. The highest BCUT2D eigenvalue weighted by molar-refractivity contribution is 5.23. The van der Waals surface area contributed by atoms with Gasteiger partial charge in [-0.3, -0.25) is 0 Å². The van der Waals surface area contributed by atoms with E-state index in [1.54, 1.807) is 0 Å². The van der Waals surface area contributed by atoms with E-state index in [4.69, 9.17) is 0 Å². The van der Waals surface area contributed by atoms with Crippen molar-refractivity contribution in [3.63, 3.8) is 0 Å². The summed E-state index contributed by atoms with van der Waals surface area (Å²) >= 11 is 0. The maximum Gasteiger partial charge on any atom is 0.0744 e. The molecule has 74 valence electrons. The van der Waals surface area contributed by atoms with Crippen LogP contribution in [-0.4, -0.2) is 10.7 Å². The Hall–Kier alpha value is -0.0400. The van der Waals surface area contributed by atoms with Gasteiger partial charge in [0.2, 0.25) is 0 Å². The van der Waals surface area contributed by atoms with Gasteiger partial charge in [-0.1, -0.05) is 26.7 Å². The average Bonchev–Trinajstić information content (AvgIpc) is 2.91. The third kappa shape index (κ3) is 0.918. The molecule has 0 spiro atoms. The lowest BCUT2D eigenvalue weighted by atomic mass is 10.0. The Morgan fingerprint density at radius 3 is 1.92 bits per heavy atom. The molecule has 13 heavy (non-hydrogen) atoms. The van der Waals surface area contributed by atoms with Crippen LogP contribution in [0.1, 0.15) is 46.0 Å². The van der Waals surface area contributed by atoms with Crippen molar-refractivity contribution in [3.8, 4) is 0 Å². The van der Waals surface area contributed by atoms with Crippen LogP contribution in [0, 0.1) is 23.2 Å². The van der Waals surface area contributed by atoms with Crippen molar-refractivity contribution in [1.82, 2.24) is 0 Å². The Kier molecular flexibility index (Phi) is 1.36. The highest BCUT2D eigenvalue weighted by atomic mass is 16.3. The Labute approximate surface area is 80.5 Å². The third-order valence-corrected chi connectivity index (χ3v) is 4.92. The highest BCUT2D eigenvalue weighted by Gasteiger charge is 2.74. The second kappa shape index (κ2) is 2.13. The number of fused-ring (bicyclic) bond motifs is 1. The minimum absolute atomic E-state index is 0.208. The van der Waals surface area contributed by atoms with Gasteiger partial charge in [-0.2, -0.15) is 0 Å². The highest BCUT2D eigenvalue weighted by Crippen LogP contribution is 2.72. The van der Waals surface area contributed by atoms with E-state index < -0.39 is 0 Å². The second-order valence-electron chi connectivity index (χ2n) is 6.13. The summed E-state index contributed by atoms with van der Waals surface area (Å²) in [6.07, 6.45) is 6.57. The lowest BCUT2D eigenvalue weighted by Crippen LogP contribution is -2.19. The fraction of sp³-hybridized carbons (Fsp3) is 1.00. The van der Waals surface area contributed by atoms with Crippen molar-refractivity contribution >= 4 is 0 Å². The van der Waals surface area contributed by atoms with Crippen LogP contribution in [0.2, 0.25) is 0 Å². The Morgan fingerprint density at radius 1 is 1.08 bits per heavy atom. The van der Waals surface area contributed by atoms with Gasteiger partial charge in [-0.25, -0.2) is 0 Å². The predicted molar refractivity (Wildman–Crippen MR) is 52.3 cm³/mol. The van der Waals surface area contributed by atoms with E-state index in [9.17, 15) is 5.11 Å². The first-order chi connectivity index (χ1) is 6.07. The van der Waals surface area contributed by atoms with Gasteiger partial charge in [0, 0.05) is 0 Å². The first kappa shape index (κ1) is 8.28. The molecule has 1 nitrogen and oxygen atoms in total. The largest absolute Gasteiger partial charge is 0.389 e. The molecule has 3 aliphatic carbocycles. The van der Waals surface area contributed by atoms with Crippen LogP contribution in [0.4, 0.5) is 0 Å². The number of rotatable bonds is 1. The fourth-order valence-electron chi connectivity index (χ4n) is 3.91. The van der Waals surface area contributed by atoms with Crippen molar-refractivity contribution < 1.29 is 5.11 Å². The SMILES string of the molecule is CC1(C)CC1C1(O)C2CCCCC21. The lowest BCUT2D eigenvalue weighted by Gasteiger charge is -2.12. The van der Waals surface area contributed by atoms with E-state index in [0.29, 0.717) is 23.2 Å². The average molecular weight is 180 g/mol. The summed E-state index contributed by atoms with van der Waals surface area (Å²) in [6.45, 7) is 4.61. The van der Waals surface area contributed by atoms with Crippen LogP contribution in [0.25, 0.3) is 0 Å². The van der Waals surface area contributed by atoms with E-state index in [-0.39, 0.29) is 5.60 Å². The van der Waals surface area contributed by atoms with Crippen LogP contribution >= 0.6 is 0 Å². The third-order valence-electron chi connectivity index (χ3n) is 4.92. The number of hydrogen-bond acceptors (Lipinski definition) is 1. The fourth-order valence-corrected chi connectivity index (χ4v) is 3.91. The smallest absolute Gasteiger partial charge is 0.0744 e. The zero-order chi connectivity index (χ0) is 9.27. The van der Waals surface area contributed by atoms with Crippen molar-refractivity contribution in [1.29, 1.82) is 0 Å². The van der Waals surface area contributed by atoms with Crippen molar-refractivity contribution in [2.75, 3.05) is 0 Å². The maximum absolute atomic E-state index is 10.6. The molecule has 0 heterocycles. The van der Waals surface area contributed by atoms with E-state index in [1.807, 2.05) is 0 Å². The summed E-state index contributed by atoms with van der Waals surface area (Å²) in [5.74, 6) is 2.01. The molecule has 0 saturated heterocycles. The van der Waals surface area contributed by atoms with Gasteiger partial charge in [0.05, 0.1) is 5.60 Å². The quantitative estimate of drug-likeness (QED) is 0.657. The van der Waals surface area contributed by atoms with E-state index in [2.05, 4.69) is 13.8 Å². The van der Waals surface area contributed by atoms with Crippen LogP contribution in [-0.2, 0) is 0 Å². The van der Waals surface area contributed by atoms with Crippen molar-refractivity contribution in [2.45, 2.75) is 51.6 Å². The Balaban J connectivity index is 1.78. The van der Waals surface area contributed by atoms with Crippen LogP contribution < -0.4 is 0 Å². The summed E-state index contributed by atoms with van der Waals surface area (Å²) < 4.78 is 0. The molecule has 0 bridgehead atoms. The van der Waals surface area contributed by atoms with E-state index in [0.717, 1.165) is 0 Å². The van der Waals surface area contributed by atoms with Gasteiger partial charge in [-0.05, 0) is 42.4 Å². The molecule has 3 saturated carbocycles. The molecule has 3 rings (SSSR count). The predicted octanol–water partition coefficient (Wildman–Crippen LogP) is 2.58. The molecule has 0 aromatic rings. The maximum atomic E-state index is 10.6. The zero-order valence-corrected chi connectivity index (χ0v) is 8.71. The molecule has 3 unspecified atom stereocenters. The molecule has 3 aliphatic rings. The zero-order valence-electron chi connectivity index (χ0n) is 8.71. The summed E-state index contributed by atoms with van der Waals surface area (Å²) in [5.41, 5.74) is 0.242. The van der Waals surface area contributed by atoms with Gasteiger partial charge in [0.15, 0.2) is 0 Å². The molecule has 0 aromatic carbocycles. The standard InChI is InChI=1S/C12H20O/c1-11(2)7-10(11)12(13)8-5-3-4-6-9(8)12/h8-10,13H,3-7H2,1-2H3. The van der Waals surface area contributed by atoms with Gasteiger partial charge >= 0.3 is 0 Å². The second-order valence-corrected chi connectivity index (χ2v) is 6.13. The minimum atomic E-state index is -0.208. The molecule has 0 radical (unpaired) electrons. The van der Waals surface area contributed by atoms with Crippen LogP contribution in [0.5, 0.6) is 0 Å². The topological polar surface area (TPSA) is 20.2 Å². The summed E-state index contributed by atoms with van der Waals surface area (Å²) in [6, 6.07) is 0. The number of aliphatic hydroxyl groups is 1. The lowest BCUT2D eigenvalue weighted by molar-refractivity contribution is 0.0810. The minimum Gasteiger partial charge on any atom is -0.389 e. The van der Waals surface area contributed by atoms with Crippen LogP contribution in [0.15, 0.2) is 0 Å². The molecular formula is C12H20O. The monoisotopic (exact) mass is 180 g/mol.